The first kappa shape index (κ1) is 17.1. The predicted octanol–water partition coefficient (Wildman–Crippen LogP) is 3.63. The zero-order valence-electron chi connectivity index (χ0n) is 14.2. The molecule has 1 unspecified atom stereocenters. The van der Waals surface area contributed by atoms with E-state index >= 15 is 0 Å². The minimum atomic E-state index is -0.175. The van der Waals surface area contributed by atoms with Crippen molar-refractivity contribution in [2.75, 3.05) is 18.5 Å². The summed E-state index contributed by atoms with van der Waals surface area (Å²) in [7, 11) is 0. The summed E-state index contributed by atoms with van der Waals surface area (Å²) in [5.74, 6) is 0.401. The fraction of sp³-hybridized carbons (Fsp3) is 0.300. The molecule has 4 rings (SSSR count). The van der Waals surface area contributed by atoms with E-state index in [-0.39, 0.29) is 24.5 Å². The average Bonchev–Trinajstić information content (AvgIpc) is 3.10. The Morgan fingerprint density at radius 3 is 2.85 bits per heavy atom. The van der Waals surface area contributed by atoms with Gasteiger partial charge in [0.15, 0.2) is 6.61 Å². The second-order valence-electron chi connectivity index (χ2n) is 6.67. The van der Waals surface area contributed by atoms with Crippen LogP contribution in [0.3, 0.4) is 0 Å². The van der Waals surface area contributed by atoms with Crippen LogP contribution in [0.15, 0.2) is 46.9 Å². The molecule has 2 aromatic carbocycles. The maximum Gasteiger partial charge on any atom is 0.262 e. The molecule has 1 fully saturated rings. The fourth-order valence-electron chi connectivity index (χ4n) is 3.58. The third-order valence-electron chi connectivity index (χ3n) is 4.88. The number of carbonyl (C=O) groups is 2. The van der Waals surface area contributed by atoms with Gasteiger partial charge >= 0.3 is 0 Å². The first-order valence-corrected chi connectivity index (χ1v) is 9.51. The summed E-state index contributed by atoms with van der Waals surface area (Å²) in [4.78, 5) is 26.4. The number of nitrogens with zero attached hydrogens (tertiary/aromatic N) is 1. The van der Waals surface area contributed by atoms with Crippen molar-refractivity contribution in [2.24, 2.45) is 0 Å². The largest absolute Gasteiger partial charge is 0.482 e. The molecule has 0 aliphatic carbocycles. The minimum absolute atomic E-state index is 0.0133. The lowest BCUT2D eigenvalue weighted by Gasteiger charge is -2.26. The highest BCUT2D eigenvalue weighted by atomic mass is 79.9. The normalized spacial score (nSPS) is 18.9. The highest BCUT2D eigenvalue weighted by Gasteiger charge is 2.30. The molecule has 2 amide bonds. The SMILES string of the molecule is O=C1COc2cc(C(=O)N3CCCC3Cc3ccc(Br)cc3)ccc2N1. The van der Waals surface area contributed by atoms with Gasteiger partial charge in [-0.15, -0.1) is 0 Å². The van der Waals surface area contributed by atoms with Gasteiger partial charge in [-0.2, -0.15) is 0 Å². The van der Waals surface area contributed by atoms with Crippen LogP contribution in [-0.2, 0) is 11.2 Å². The number of halogens is 1. The van der Waals surface area contributed by atoms with Crippen LogP contribution < -0.4 is 10.1 Å². The number of carbonyl (C=O) groups excluding carboxylic acids is 2. The molecule has 2 heterocycles. The molecule has 1 saturated heterocycles. The van der Waals surface area contributed by atoms with Gasteiger partial charge in [-0.25, -0.2) is 0 Å². The second kappa shape index (κ2) is 7.11. The minimum Gasteiger partial charge on any atom is -0.482 e. The molecule has 26 heavy (non-hydrogen) atoms. The van der Waals surface area contributed by atoms with E-state index in [1.54, 1.807) is 18.2 Å². The fourth-order valence-corrected chi connectivity index (χ4v) is 3.85. The lowest BCUT2D eigenvalue weighted by molar-refractivity contribution is -0.118. The van der Waals surface area contributed by atoms with Crippen LogP contribution in [0.5, 0.6) is 5.75 Å². The van der Waals surface area contributed by atoms with Crippen LogP contribution in [0.1, 0.15) is 28.8 Å². The first-order chi connectivity index (χ1) is 12.6. The van der Waals surface area contributed by atoms with Crippen LogP contribution in [-0.4, -0.2) is 35.9 Å². The van der Waals surface area contributed by atoms with E-state index in [0.29, 0.717) is 17.0 Å². The van der Waals surface area contributed by atoms with Crippen LogP contribution >= 0.6 is 15.9 Å². The Morgan fingerprint density at radius 2 is 2.04 bits per heavy atom. The zero-order chi connectivity index (χ0) is 18.1. The number of fused-ring (bicyclic) bond motifs is 1. The number of hydrogen-bond acceptors (Lipinski definition) is 3. The van der Waals surface area contributed by atoms with Gasteiger partial charge in [0.25, 0.3) is 11.8 Å². The zero-order valence-corrected chi connectivity index (χ0v) is 15.8. The molecule has 134 valence electrons. The van der Waals surface area contributed by atoms with Gasteiger partial charge < -0.3 is 15.0 Å². The van der Waals surface area contributed by atoms with Crippen molar-refractivity contribution in [1.82, 2.24) is 4.90 Å². The summed E-state index contributed by atoms with van der Waals surface area (Å²) in [6.45, 7) is 0.759. The molecule has 0 spiro atoms. The summed E-state index contributed by atoms with van der Waals surface area (Å²) >= 11 is 3.46. The summed E-state index contributed by atoms with van der Waals surface area (Å²) in [5, 5.41) is 2.75. The number of ether oxygens (including phenoxy) is 1. The van der Waals surface area contributed by atoms with Crippen molar-refractivity contribution in [2.45, 2.75) is 25.3 Å². The number of benzene rings is 2. The topological polar surface area (TPSA) is 58.6 Å². The van der Waals surface area contributed by atoms with Gasteiger partial charge in [0.2, 0.25) is 0 Å². The van der Waals surface area contributed by atoms with Crippen molar-refractivity contribution < 1.29 is 14.3 Å². The Hall–Kier alpha value is -2.34. The first-order valence-electron chi connectivity index (χ1n) is 8.72. The Labute approximate surface area is 160 Å². The van der Waals surface area contributed by atoms with E-state index < -0.39 is 0 Å². The molecule has 2 aliphatic heterocycles. The number of rotatable bonds is 3. The lowest BCUT2D eigenvalue weighted by Crippen LogP contribution is -2.37. The van der Waals surface area contributed by atoms with Crippen LogP contribution in [0.2, 0.25) is 0 Å². The average molecular weight is 415 g/mol. The Bertz CT molecular complexity index is 851. The van der Waals surface area contributed by atoms with E-state index in [2.05, 4.69) is 33.4 Å². The molecular formula is C20H19BrN2O3. The number of anilines is 1. The van der Waals surface area contributed by atoms with Gasteiger partial charge in [0, 0.05) is 22.6 Å². The molecule has 6 heteroatoms. The maximum absolute atomic E-state index is 13.0. The maximum atomic E-state index is 13.0. The van der Waals surface area contributed by atoms with Crippen LogP contribution in [0, 0.1) is 0 Å². The second-order valence-corrected chi connectivity index (χ2v) is 7.59. The van der Waals surface area contributed by atoms with E-state index in [1.807, 2.05) is 17.0 Å². The van der Waals surface area contributed by atoms with Crippen molar-refractivity contribution in [3.63, 3.8) is 0 Å². The van der Waals surface area contributed by atoms with Crippen molar-refractivity contribution in [1.29, 1.82) is 0 Å². The molecule has 5 nitrogen and oxygen atoms in total. The van der Waals surface area contributed by atoms with E-state index in [4.69, 9.17) is 4.74 Å². The van der Waals surface area contributed by atoms with E-state index in [1.165, 1.54) is 5.56 Å². The van der Waals surface area contributed by atoms with Crippen LogP contribution in [0.4, 0.5) is 5.69 Å². The molecule has 0 radical (unpaired) electrons. The molecular weight excluding hydrogens is 396 g/mol. The molecule has 1 atom stereocenters. The predicted molar refractivity (Wildman–Crippen MR) is 102 cm³/mol. The lowest BCUT2D eigenvalue weighted by atomic mass is 10.0. The summed E-state index contributed by atoms with van der Waals surface area (Å²) < 4.78 is 6.49. The Morgan fingerprint density at radius 1 is 1.23 bits per heavy atom. The number of amides is 2. The molecule has 2 aromatic rings. The van der Waals surface area contributed by atoms with Crippen molar-refractivity contribution in [3.8, 4) is 5.75 Å². The Balaban J connectivity index is 1.51. The smallest absolute Gasteiger partial charge is 0.262 e. The molecule has 0 saturated carbocycles. The van der Waals surface area contributed by atoms with Gasteiger partial charge in [0.1, 0.15) is 5.75 Å². The quantitative estimate of drug-likeness (QED) is 0.833. The van der Waals surface area contributed by atoms with E-state index in [9.17, 15) is 9.59 Å². The monoisotopic (exact) mass is 414 g/mol. The number of nitrogens with one attached hydrogen (secondary N) is 1. The van der Waals surface area contributed by atoms with Crippen molar-refractivity contribution >= 4 is 33.4 Å². The third-order valence-corrected chi connectivity index (χ3v) is 5.41. The molecule has 2 aliphatic rings. The Kier molecular flexibility index (Phi) is 4.68. The molecule has 0 aromatic heterocycles. The van der Waals surface area contributed by atoms with Gasteiger partial charge in [-0.1, -0.05) is 28.1 Å². The van der Waals surface area contributed by atoms with E-state index in [0.717, 1.165) is 30.3 Å². The van der Waals surface area contributed by atoms with Gasteiger partial charge in [0.05, 0.1) is 5.69 Å². The summed E-state index contributed by atoms with van der Waals surface area (Å²) in [5.41, 5.74) is 2.45. The number of likely N-dealkylation sites (tertiary alicyclic amines) is 1. The third kappa shape index (κ3) is 3.46. The highest BCUT2D eigenvalue weighted by Crippen LogP contribution is 2.30. The number of hydrogen-bond donors (Lipinski definition) is 1. The highest BCUT2D eigenvalue weighted by molar-refractivity contribution is 9.10. The van der Waals surface area contributed by atoms with Crippen LogP contribution in [0.25, 0.3) is 0 Å². The van der Waals surface area contributed by atoms with Crippen molar-refractivity contribution in [3.05, 3.63) is 58.1 Å². The standard InChI is InChI=1S/C20H19BrN2O3/c21-15-6-3-13(4-7-15)10-16-2-1-9-23(16)20(25)14-5-8-17-18(11-14)26-12-19(24)22-17/h3-8,11,16H,1-2,9-10,12H2,(H,22,24). The summed E-state index contributed by atoms with van der Waals surface area (Å²) in [6.07, 6.45) is 2.89. The molecule has 0 bridgehead atoms. The van der Waals surface area contributed by atoms with Gasteiger partial charge in [-0.05, 0) is 55.2 Å². The summed E-state index contributed by atoms with van der Waals surface area (Å²) in [6, 6.07) is 13.7. The molecule has 1 N–H and O–H groups in total. The van der Waals surface area contributed by atoms with Gasteiger partial charge in [-0.3, -0.25) is 9.59 Å².